The SMILES string of the molecule is COc1cnc2c(c1)c(C(O)CN(C(C)C)C(C)C)cn2COCC[Si](C)(C)C. The van der Waals surface area contributed by atoms with E-state index in [9.17, 15) is 5.11 Å². The number of hydrogen-bond acceptors (Lipinski definition) is 5. The molecule has 29 heavy (non-hydrogen) atoms. The summed E-state index contributed by atoms with van der Waals surface area (Å²) < 4.78 is 13.3. The molecule has 0 bridgehead atoms. The van der Waals surface area contributed by atoms with E-state index in [1.54, 1.807) is 13.3 Å². The van der Waals surface area contributed by atoms with Crippen molar-refractivity contribution in [1.29, 1.82) is 0 Å². The molecule has 1 atom stereocenters. The number of rotatable bonds is 11. The normalized spacial score (nSPS) is 13.8. The fourth-order valence-corrected chi connectivity index (χ4v) is 4.27. The second-order valence-electron chi connectivity index (χ2n) is 9.55. The Kier molecular flexibility index (Phi) is 8.28. The summed E-state index contributed by atoms with van der Waals surface area (Å²) in [5.41, 5.74) is 1.68. The summed E-state index contributed by atoms with van der Waals surface area (Å²) in [7, 11) is 0.508. The highest BCUT2D eigenvalue weighted by Gasteiger charge is 2.23. The van der Waals surface area contributed by atoms with Crippen LogP contribution in [0.4, 0.5) is 0 Å². The predicted octanol–water partition coefficient (Wildman–Crippen LogP) is 4.51. The first-order valence-corrected chi connectivity index (χ1v) is 14.3. The summed E-state index contributed by atoms with van der Waals surface area (Å²) in [6.45, 7) is 17.4. The summed E-state index contributed by atoms with van der Waals surface area (Å²) in [5, 5.41) is 12.0. The lowest BCUT2D eigenvalue weighted by Gasteiger charge is -2.32. The highest BCUT2D eigenvalue weighted by atomic mass is 28.3. The van der Waals surface area contributed by atoms with Crippen molar-refractivity contribution in [2.24, 2.45) is 0 Å². The Morgan fingerprint density at radius 3 is 2.38 bits per heavy atom. The molecule has 7 heteroatoms. The molecule has 2 heterocycles. The molecule has 0 aliphatic rings. The maximum Gasteiger partial charge on any atom is 0.142 e. The summed E-state index contributed by atoms with van der Waals surface area (Å²) in [5.74, 6) is 0.688. The molecule has 0 saturated heterocycles. The van der Waals surface area contributed by atoms with Crippen LogP contribution in [0.25, 0.3) is 11.0 Å². The van der Waals surface area contributed by atoms with Crippen LogP contribution in [0, 0.1) is 0 Å². The minimum Gasteiger partial charge on any atom is -0.495 e. The van der Waals surface area contributed by atoms with Crippen molar-refractivity contribution in [3.8, 4) is 5.75 Å². The molecule has 6 nitrogen and oxygen atoms in total. The zero-order valence-corrected chi connectivity index (χ0v) is 20.4. The third kappa shape index (κ3) is 6.54. The van der Waals surface area contributed by atoms with E-state index in [2.05, 4.69) is 57.2 Å². The Morgan fingerprint density at radius 2 is 1.83 bits per heavy atom. The topological polar surface area (TPSA) is 59.8 Å². The van der Waals surface area contributed by atoms with Crippen LogP contribution in [0.3, 0.4) is 0 Å². The number of pyridine rings is 1. The molecule has 0 amide bonds. The van der Waals surface area contributed by atoms with Crippen LogP contribution < -0.4 is 4.74 Å². The molecule has 0 aliphatic carbocycles. The lowest BCUT2D eigenvalue weighted by atomic mass is 10.1. The van der Waals surface area contributed by atoms with Crippen molar-refractivity contribution >= 4 is 19.1 Å². The molecule has 2 aromatic rings. The average molecular weight is 422 g/mol. The van der Waals surface area contributed by atoms with Gasteiger partial charge in [0.1, 0.15) is 18.1 Å². The van der Waals surface area contributed by atoms with E-state index in [1.807, 2.05) is 16.8 Å². The van der Waals surface area contributed by atoms with Gasteiger partial charge in [0.05, 0.1) is 19.4 Å². The zero-order valence-electron chi connectivity index (χ0n) is 19.4. The predicted molar refractivity (Wildman–Crippen MR) is 122 cm³/mol. The average Bonchev–Trinajstić information content (AvgIpc) is 2.99. The van der Waals surface area contributed by atoms with Crippen LogP contribution >= 0.6 is 0 Å². The van der Waals surface area contributed by atoms with Gasteiger partial charge in [0.15, 0.2) is 0 Å². The van der Waals surface area contributed by atoms with E-state index in [0.717, 1.165) is 29.2 Å². The third-order valence-corrected chi connectivity index (χ3v) is 6.96. The van der Waals surface area contributed by atoms with Gasteiger partial charge in [-0.05, 0) is 39.8 Å². The molecule has 2 aromatic heterocycles. The van der Waals surface area contributed by atoms with Gasteiger partial charge in [0.25, 0.3) is 0 Å². The van der Waals surface area contributed by atoms with Crippen LogP contribution in [0.5, 0.6) is 5.75 Å². The molecular weight excluding hydrogens is 382 g/mol. The molecule has 0 spiro atoms. The number of nitrogens with zero attached hydrogens (tertiary/aromatic N) is 3. The van der Waals surface area contributed by atoms with Crippen molar-refractivity contribution in [1.82, 2.24) is 14.5 Å². The summed E-state index contributed by atoms with van der Waals surface area (Å²) in [4.78, 5) is 6.87. The lowest BCUT2D eigenvalue weighted by Crippen LogP contribution is -2.39. The fraction of sp³-hybridized carbons (Fsp3) is 0.682. The van der Waals surface area contributed by atoms with E-state index in [4.69, 9.17) is 9.47 Å². The zero-order chi connectivity index (χ0) is 21.8. The summed E-state index contributed by atoms with van der Waals surface area (Å²) in [6.07, 6.45) is 3.08. The quantitative estimate of drug-likeness (QED) is 0.427. The van der Waals surface area contributed by atoms with Gasteiger partial charge >= 0.3 is 0 Å². The van der Waals surface area contributed by atoms with Gasteiger partial charge in [0, 0.05) is 50.5 Å². The minimum absolute atomic E-state index is 0.357. The second kappa shape index (κ2) is 10.1. The molecule has 1 N–H and O–H groups in total. The number of methoxy groups -OCH3 is 1. The first-order valence-electron chi connectivity index (χ1n) is 10.6. The molecule has 1 unspecified atom stereocenters. The van der Waals surface area contributed by atoms with Gasteiger partial charge in [0.2, 0.25) is 0 Å². The van der Waals surface area contributed by atoms with Crippen LogP contribution in [-0.2, 0) is 11.5 Å². The van der Waals surface area contributed by atoms with Gasteiger partial charge < -0.3 is 19.1 Å². The smallest absolute Gasteiger partial charge is 0.142 e. The number of hydrogen-bond donors (Lipinski definition) is 1. The first kappa shape index (κ1) is 23.9. The number of ether oxygens (including phenoxy) is 2. The van der Waals surface area contributed by atoms with Crippen LogP contribution in [-0.4, -0.2) is 60.0 Å². The second-order valence-corrected chi connectivity index (χ2v) is 15.2. The standard InChI is InChI=1S/C22H39N3O3Si/c1-16(2)25(17(3)4)14-21(26)20-13-24(15-28-9-10-29(6,7)8)22-19(20)11-18(27-5)12-23-22/h11-13,16-17,21,26H,9-10,14-15H2,1-8H3. The van der Waals surface area contributed by atoms with Gasteiger partial charge in [-0.1, -0.05) is 19.6 Å². The van der Waals surface area contributed by atoms with Crippen LogP contribution in [0.1, 0.15) is 39.4 Å². The minimum atomic E-state index is -1.13. The van der Waals surface area contributed by atoms with Gasteiger partial charge in [-0.15, -0.1) is 0 Å². The molecule has 0 radical (unpaired) electrons. The Hall–Kier alpha value is -1.41. The third-order valence-electron chi connectivity index (χ3n) is 5.25. The first-order chi connectivity index (χ1) is 13.5. The monoisotopic (exact) mass is 421 g/mol. The molecule has 0 saturated carbocycles. The van der Waals surface area contributed by atoms with Gasteiger partial charge in [-0.25, -0.2) is 4.98 Å². The maximum absolute atomic E-state index is 11.1. The summed E-state index contributed by atoms with van der Waals surface area (Å²) >= 11 is 0. The van der Waals surface area contributed by atoms with Gasteiger partial charge in [-0.3, -0.25) is 4.90 Å². The molecule has 0 aliphatic heterocycles. The van der Waals surface area contributed by atoms with Crippen molar-refractivity contribution < 1.29 is 14.6 Å². The molecule has 2 rings (SSSR count). The van der Waals surface area contributed by atoms with E-state index in [-0.39, 0.29) is 0 Å². The number of aromatic nitrogens is 2. The molecule has 164 valence electrons. The fourth-order valence-electron chi connectivity index (χ4n) is 3.51. The largest absolute Gasteiger partial charge is 0.495 e. The molecular formula is C22H39N3O3Si. The highest BCUT2D eigenvalue weighted by Crippen LogP contribution is 2.29. The number of fused-ring (bicyclic) bond motifs is 1. The van der Waals surface area contributed by atoms with E-state index >= 15 is 0 Å². The van der Waals surface area contributed by atoms with Crippen molar-refractivity contribution in [2.45, 2.75) is 78.3 Å². The summed E-state index contributed by atoms with van der Waals surface area (Å²) in [6, 6.07) is 3.79. The van der Waals surface area contributed by atoms with Crippen LogP contribution in [0.15, 0.2) is 18.5 Å². The van der Waals surface area contributed by atoms with Gasteiger partial charge in [-0.2, -0.15) is 0 Å². The van der Waals surface area contributed by atoms with Crippen molar-refractivity contribution in [2.75, 3.05) is 20.3 Å². The van der Waals surface area contributed by atoms with Crippen molar-refractivity contribution in [3.63, 3.8) is 0 Å². The number of aliphatic hydroxyl groups excluding tert-OH is 1. The molecule has 0 fully saturated rings. The lowest BCUT2D eigenvalue weighted by molar-refractivity contribution is 0.0746. The van der Waals surface area contributed by atoms with E-state index in [1.165, 1.54) is 0 Å². The van der Waals surface area contributed by atoms with Crippen LogP contribution in [0.2, 0.25) is 25.7 Å². The Balaban J connectivity index is 2.28. The Labute approximate surface area is 176 Å². The number of aliphatic hydroxyl groups is 1. The van der Waals surface area contributed by atoms with Crippen molar-refractivity contribution in [3.05, 3.63) is 24.0 Å². The Bertz CT molecular complexity index is 775. The van der Waals surface area contributed by atoms with E-state index < -0.39 is 14.2 Å². The molecule has 0 aromatic carbocycles. The maximum atomic E-state index is 11.1. The highest BCUT2D eigenvalue weighted by molar-refractivity contribution is 6.76. The van der Waals surface area contributed by atoms with E-state index in [0.29, 0.717) is 31.1 Å². The Morgan fingerprint density at radius 1 is 1.17 bits per heavy atom.